The van der Waals surface area contributed by atoms with Gasteiger partial charge in [-0.15, -0.1) is 0 Å². The fourth-order valence-electron chi connectivity index (χ4n) is 1.52. The van der Waals surface area contributed by atoms with Crippen LogP contribution in [0.3, 0.4) is 0 Å². The summed E-state index contributed by atoms with van der Waals surface area (Å²) < 4.78 is 37.9. The minimum absolute atomic E-state index is 0.0504. The molecule has 1 aromatic rings. The van der Waals surface area contributed by atoms with E-state index in [0.29, 0.717) is 0 Å². The topological polar surface area (TPSA) is 78.4 Å². The maximum atomic E-state index is 12.7. The van der Waals surface area contributed by atoms with Crippen molar-refractivity contribution < 1.29 is 27.9 Å². The SMILES string of the molecule is CC(CC(=O)O)NC(=O)Nc1ccc(Br)c(C(F)(F)F)c1. The van der Waals surface area contributed by atoms with E-state index < -0.39 is 29.8 Å². The quantitative estimate of drug-likeness (QED) is 0.761. The van der Waals surface area contributed by atoms with Crippen LogP contribution in [0.1, 0.15) is 18.9 Å². The highest BCUT2D eigenvalue weighted by Crippen LogP contribution is 2.36. The number of alkyl halides is 3. The van der Waals surface area contributed by atoms with E-state index in [0.717, 1.165) is 6.07 Å². The first kappa shape index (κ1) is 17.3. The van der Waals surface area contributed by atoms with Gasteiger partial charge in [0.15, 0.2) is 0 Å². The molecule has 0 aliphatic carbocycles. The van der Waals surface area contributed by atoms with Crippen LogP contribution in [0.25, 0.3) is 0 Å². The molecule has 0 spiro atoms. The molecule has 0 aliphatic rings. The number of hydrogen-bond acceptors (Lipinski definition) is 2. The lowest BCUT2D eigenvalue weighted by molar-refractivity contribution is -0.138. The molecule has 2 amide bonds. The van der Waals surface area contributed by atoms with Crippen molar-refractivity contribution in [2.75, 3.05) is 5.32 Å². The molecule has 3 N–H and O–H groups in total. The van der Waals surface area contributed by atoms with Crippen molar-refractivity contribution in [3.05, 3.63) is 28.2 Å². The fraction of sp³-hybridized carbons (Fsp3) is 0.333. The Bertz CT molecular complexity index is 549. The van der Waals surface area contributed by atoms with Gasteiger partial charge in [0.2, 0.25) is 0 Å². The number of amides is 2. The molecule has 0 saturated carbocycles. The molecule has 1 aromatic carbocycles. The number of carbonyl (C=O) groups is 2. The van der Waals surface area contributed by atoms with Crippen LogP contribution >= 0.6 is 15.9 Å². The van der Waals surface area contributed by atoms with Gasteiger partial charge in [0.1, 0.15) is 0 Å². The van der Waals surface area contributed by atoms with E-state index in [1.54, 1.807) is 0 Å². The average molecular weight is 369 g/mol. The monoisotopic (exact) mass is 368 g/mol. The third kappa shape index (κ3) is 5.62. The van der Waals surface area contributed by atoms with Crippen LogP contribution in [-0.2, 0) is 11.0 Å². The van der Waals surface area contributed by atoms with Crippen LogP contribution in [0.4, 0.5) is 23.7 Å². The summed E-state index contributed by atoms with van der Waals surface area (Å²) in [6, 6.07) is 1.81. The van der Waals surface area contributed by atoms with Gasteiger partial charge in [-0.3, -0.25) is 4.79 Å². The number of rotatable bonds is 4. The van der Waals surface area contributed by atoms with Gasteiger partial charge >= 0.3 is 18.2 Å². The summed E-state index contributed by atoms with van der Waals surface area (Å²) in [4.78, 5) is 22.0. The second kappa shape index (κ2) is 6.79. The fourth-order valence-corrected chi connectivity index (χ4v) is 2.00. The zero-order chi connectivity index (χ0) is 16.2. The second-order valence-electron chi connectivity index (χ2n) is 4.29. The first-order chi connectivity index (χ1) is 9.59. The number of benzene rings is 1. The van der Waals surface area contributed by atoms with Crippen molar-refractivity contribution in [1.29, 1.82) is 0 Å². The number of nitrogens with one attached hydrogen (secondary N) is 2. The molecule has 1 rings (SSSR count). The van der Waals surface area contributed by atoms with Gasteiger partial charge < -0.3 is 15.7 Å². The van der Waals surface area contributed by atoms with Crippen molar-refractivity contribution in [2.24, 2.45) is 0 Å². The highest BCUT2D eigenvalue weighted by Gasteiger charge is 2.33. The molecule has 5 nitrogen and oxygen atoms in total. The molecule has 1 unspecified atom stereocenters. The first-order valence-corrected chi connectivity index (χ1v) is 6.55. The highest BCUT2D eigenvalue weighted by atomic mass is 79.9. The third-order valence-electron chi connectivity index (χ3n) is 2.39. The molecule has 0 saturated heterocycles. The van der Waals surface area contributed by atoms with E-state index in [1.807, 2.05) is 0 Å². The molecule has 9 heteroatoms. The molecule has 0 radical (unpaired) electrons. The standard InChI is InChI=1S/C12H12BrF3N2O3/c1-6(4-10(19)20)17-11(21)18-7-2-3-9(13)8(5-7)12(14,15)16/h2-3,5-6H,4H2,1H3,(H,19,20)(H2,17,18,21). The number of carbonyl (C=O) groups excluding carboxylic acids is 1. The molecule has 0 bridgehead atoms. The molecule has 0 fully saturated rings. The summed E-state index contributed by atoms with van der Waals surface area (Å²) in [7, 11) is 0. The van der Waals surface area contributed by atoms with E-state index in [9.17, 15) is 22.8 Å². The third-order valence-corrected chi connectivity index (χ3v) is 3.08. The molecule has 0 heterocycles. The first-order valence-electron chi connectivity index (χ1n) is 5.75. The van der Waals surface area contributed by atoms with Crippen LogP contribution in [0.15, 0.2) is 22.7 Å². The summed E-state index contributed by atoms with van der Waals surface area (Å²) in [6.45, 7) is 1.47. The van der Waals surface area contributed by atoms with Gasteiger partial charge in [0.05, 0.1) is 12.0 Å². The van der Waals surface area contributed by atoms with Crippen LogP contribution in [0, 0.1) is 0 Å². The number of aliphatic carboxylic acids is 1. The summed E-state index contributed by atoms with van der Waals surface area (Å²) in [5.74, 6) is -1.09. The summed E-state index contributed by atoms with van der Waals surface area (Å²) in [5, 5.41) is 13.1. The lowest BCUT2D eigenvalue weighted by Gasteiger charge is -2.14. The predicted octanol–water partition coefficient (Wildman–Crippen LogP) is 3.45. The smallest absolute Gasteiger partial charge is 0.417 e. The van der Waals surface area contributed by atoms with Gasteiger partial charge in [-0.1, -0.05) is 15.9 Å². The predicted molar refractivity (Wildman–Crippen MR) is 73.0 cm³/mol. The van der Waals surface area contributed by atoms with Gasteiger partial charge in [-0.05, 0) is 25.1 Å². The Hall–Kier alpha value is -1.77. The van der Waals surface area contributed by atoms with Gasteiger partial charge in [-0.2, -0.15) is 13.2 Å². The van der Waals surface area contributed by atoms with Crippen molar-refractivity contribution >= 4 is 33.6 Å². The van der Waals surface area contributed by atoms with Crippen molar-refractivity contribution in [3.63, 3.8) is 0 Å². The van der Waals surface area contributed by atoms with E-state index in [1.165, 1.54) is 19.1 Å². The molecule has 0 aromatic heterocycles. The molecule has 21 heavy (non-hydrogen) atoms. The van der Waals surface area contributed by atoms with E-state index in [2.05, 4.69) is 26.6 Å². The minimum Gasteiger partial charge on any atom is -0.481 e. The zero-order valence-corrected chi connectivity index (χ0v) is 12.4. The number of urea groups is 1. The Labute approximate surface area is 126 Å². The summed E-state index contributed by atoms with van der Waals surface area (Å²) in [6.07, 6.45) is -4.84. The molecular weight excluding hydrogens is 357 g/mol. The van der Waals surface area contributed by atoms with Crippen molar-refractivity contribution in [3.8, 4) is 0 Å². The Balaban J connectivity index is 2.75. The van der Waals surface area contributed by atoms with Crippen molar-refractivity contribution in [1.82, 2.24) is 5.32 Å². The van der Waals surface area contributed by atoms with Crippen LogP contribution in [-0.4, -0.2) is 23.1 Å². The molecule has 0 aliphatic heterocycles. The lowest BCUT2D eigenvalue weighted by atomic mass is 10.2. The van der Waals surface area contributed by atoms with Gasteiger partial charge in [-0.25, -0.2) is 4.79 Å². The summed E-state index contributed by atoms with van der Waals surface area (Å²) >= 11 is 2.79. The van der Waals surface area contributed by atoms with Crippen LogP contribution in [0.5, 0.6) is 0 Å². The van der Waals surface area contributed by atoms with Gasteiger partial charge in [0, 0.05) is 16.2 Å². The van der Waals surface area contributed by atoms with Crippen LogP contribution in [0.2, 0.25) is 0 Å². The van der Waals surface area contributed by atoms with Crippen LogP contribution < -0.4 is 10.6 Å². The average Bonchev–Trinajstić information content (AvgIpc) is 2.28. The van der Waals surface area contributed by atoms with Gasteiger partial charge in [0.25, 0.3) is 0 Å². The molecule has 116 valence electrons. The number of anilines is 1. The Morgan fingerprint density at radius 1 is 1.38 bits per heavy atom. The highest BCUT2D eigenvalue weighted by molar-refractivity contribution is 9.10. The Kier molecular flexibility index (Phi) is 5.59. The van der Waals surface area contributed by atoms with E-state index in [4.69, 9.17) is 5.11 Å². The molecule has 1 atom stereocenters. The number of halogens is 4. The normalized spacial score (nSPS) is 12.6. The maximum absolute atomic E-state index is 12.7. The summed E-state index contributed by atoms with van der Waals surface area (Å²) in [5.41, 5.74) is -0.968. The number of carboxylic acid groups (broad SMARTS) is 1. The van der Waals surface area contributed by atoms with Crippen molar-refractivity contribution in [2.45, 2.75) is 25.6 Å². The van der Waals surface area contributed by atoms with E-state index in [-0.39, 0.29) is 16.6 Å². The minimum atomic E-state index is -4.55. The number of carboxylic acids is 1. The largest absolute Gasteiger partial charge is 0.481 e. The Morgan fingerprint density at radius 3 is 2.52 bits per heavy atom. The maximum Gasteiger partial charge on any atom is 0.417 e. The number of hydrogen-bond donors (Lipinski definition) is 3. The second-order valence-corrected chi connectivity index (χ2v) is 5.14. The molecular formula is C12H12BrF3N2O3. The Morgan fingerprint density at radius 2 is 2.00 bits per heavy atom. The van der Waals surface area contributed by atoms with E-state index >= 15 is 0 Å². The zero-order valence-electron chi connectivity index (χ0n) is 10.8. The lowest BCUT2D eigenvalue weighted by Crippen LogP contribution is -2.37.